The first kappa shape index (κ1) is 16.7. The predicted molar refractivity (Wildman–Crippen MR) is 90.4 cm³/mol. The standard InChI is InChI=1S/C16H23ClN2OS/c1-16(2)7-4-8-18-14(16)10-19-15(20)12-9-11(21-3)5-6-13(12)17/h5-6,9,14,18H,4,7-8,10H2,1-3H3,(H,19,20). The van der Waals surface area contributed by atoms with Crippen molar-refractivity contribution in [3.05, 3.63) is 28.8 Å². The zero-order valence-electron chi connectivity index (χ0n) is 12.8. The van der Waals surface area contributed by atoms with Crippen LogP contribution in [0.25, 0.3) is 0 Å². The van der Waals surface area contributed by atoms with Gasteiger partial charge in [-0.15, -0.1) is 11.8 Å². The number of nitrogens with one attached hydrogen (secondary N) is 2. The molecule has 1 heterocycles. The van der Waals surface area contributed by atoms with E-state index in [-0.39, 0.29) is 11.3 Å². The summed E-state index contributed by atoms with van der Waals surface area (Å²) in [6, 6.07) is 5.86. The minimum atomic E-state index is -0.0981. The molecule has 1 aromatic carbocycles. The van der Waals surface area contributed by atoms with Crippen LogP contribution in [0.3, 0.4) is 0 Å². The molecule has 1 saturated heterocycles. The third kappa shape index (κ3) is 4.15. The van der Waals surface area contributed by atoms with Gasteiger partial charge in [0.1, 0.15) is 0 Å². The molecule has 116 valence electrons. The molecule has 2 N–H and O–H groups in total. The third-order valence-corrected chi connectivity index (χ3v) is 5.27. The van der Waals surface area contributed by atoms with Gasteiger partial charge in [0.2, 0.25) is 0 Å². The molecule has 1 amide bonds. The molecule has 1 aliphatic heterocycles. The molecule has 1 aromatic rings. The highest BCUT2D eigenvalue weighted by Gasteiger charge is 2.32. The fourth-order valence-corrected chi connectivity index (χ4v) is 3.36. The number of amides is 1. The number of thioether (sulfide) groups is 1. The smallest absolute Gasteiger partial charge is 0.252 e. The van der Waals surface area contributed by atoms with Crippen molar-refractivity contribution in [1.29, 1.82) is 0 Å². The Morgan fingerprint density at radius 3 is 2.95 bits per heavy atom. The summed E-state index contributed by atoms with van der Waals surface area (Å²) >= 11 is 7.74. The van der Waals surface area contributed by atoms with Crippen LogP contribution in [-0.2, 0) is 0 Å². The van der Waals surface area contributed by atoms with Crippen LogP contribution in [0.15, 0.2) is 23.1 Å². The van der Waals surface area contributed by atoms with E-state index >= 15 is 0 Å². The Bertz CT molecular complexity index is 519. The number of rotatable bonds is 4. The molecule has 1 atom stereocenters. The summed E-state index contributed by atoms with van der Waals surface area (Å²) in [5.74, 6) is -0.0981. The highest BCUT2D eigenvalue weighted by molar-refractivity contribution is 7.98. The highest BCUT2D eigenvalue weighted by atomic mass is 35.5. The molecular weight excluding hydrogens is 304 g/mol. The van der Waals surface area contributed by atoms with E-state index in [0.29, 0.717) is 23.2 Å². The van der Waals surface area contributed by atoms with E-state index < -0.39 is 0 Å². The van der Waals surface area contributed by atoms with Gasteiger partial charge in [-0.05, 0) is 49.3 Å². The fraction of sp³-hybridized carbons (Fsp3) is 0.562. The number of benzene rings is 1. The molecule has 2 rings (SSSR count). The van der Waals surface area contributed by atoms with Crippen molar-refractivity contribution >= 4 is 29.3 Å². The third-order valence-electron chi connectivity index (χ3n) is 4.22. The van der Waals surface area contributed by atoms with Crippen molar-refractivity contribution in [3.8, 4) is 0 Å². The minimum Gasteiger partial charge on any atom is -0.350 e. The van der Waals surface area contributed by atoms with Crippen molar-refractivity contribution in [1.82, 2.24) is 10.6 Å². The van der Waals surface area contributed by atoms with Gasteiger partial charge >= 0.3 is 0 Å². The molecule has 0 saturated carbocycles. The number of carbonyl (C=O) groups is 1. The summed E-state index contributed by atoms with van der Waals surface area (Å²) in [4.78, 5) is 13.4. The molecule has 0 aliphatic carbocycles. The summed E-state index contributed by atoms with van der Waals surface area (Å²) < 4.78 is 0. The predicted octanol–water partition coefficient (Wildman–Crippen LogP) is 3.57. The van der Waals surface area contributed by atoms with Gasteiger partial charge in [0.15, 0.2) is 0 Å². The van der Waals surface area contributed by atoms with Crippen molar-refractivity contribution in [3.63, 3.8) is 0 Å². The normalized spacial score (nSPS) is 21.0. The van der Waals surface area contributed by atoms with Crippen molar-refractivity contribution in [2.45, 2.75) is 37.6 Å². The Balaban J connectivity index is 2.01. The van der Waals surface area contributed by atoms with Crippen molar-refractivity contribution in [2.24, 2.45) is 5.41 Å². The van der Waals surface area contributed by atoms with Gasteiger partial charge < -0.3 is 10.6 Å². The Hall–Kier alpha value is -0.710. The second kappa shape index (κ2) is 7.03. The number of carbonyl (C=O) groups excluding carboxylic acids is 1. The molecule has 0 radical (unpaired) electrons. The topological polar surface area (TPSA) is 41.1 Å². The summed E-state index contributed by atoms with van der Waals surface area (Å²) in [5.41, 5.74) is 0.758. The lowest BCUT2D eigenvalue weighted by atomic mass is 9.77. The zero-order chi connectivity index (χ0) is 15.5. The van der Waals surface area contributed by atoms with Crippen LogP contribution in [0.4, 0.5) is 0 Å². The molecule has 5 heteroatoms. The van der Waals surface area contributed by atoms with Crippen LogP contribution in [-0.4, -0.2) is 31.3 Å². The first-order chi connectivity index (χ1) is 9.94. The molecule has 0 spiro atoms. The molecule has 21 heavy (non-hydrogen) atoms. The van der Waals surface area contributed by atoms with Gasteiger partial charge in [-0.2, -0.15) is 0 Å². The van der Waals surface area contributed by atoms with E-state index in [9.17, 15) is 4.79 Å². The van der Waals surface area contributed by atoms with Gasteiger partial charge in [0.25, 0.3) is 5.91 Å². The molecule has 0 aromatic heterocycles. The lowest BCUT2D eigenvalue weighted by molar-refractivity contribution is 0.0929. The number of hydrogen-bond acceptors (Lipinski definition) is 3. The average Bonchev–Trinajstić information content (AvgIpc) is 2.46. The molecule has 0 bridgehead atoms. The maximum atomic E-state index is 12.4. The molecule has 1 aliphatic rings. The Labute approximate surface area is 136 Å². The Morgan fingerprint density at radius 2 is 2.29 bits per heavy atom. The number of halogens is 1. The summed E-state index contributed by atoms with van der Waals surface area (Å²) in [6.45, 7) is 6.15. The minimum absolute atomic E-state index is 0.0981. The SMILES string of the molecule is CSc1ccc(Cl)c(C(=O)NCC2NCCCC2(C)C)c1. The molecule has 1 unspecified atom stereocenters. The van der Waals surface area contributed by atoms with Gasteiger partial charge in [-0.25, -0.2) is 0 Å². The lowest BCUT2D eigenvalue weighted by Crippen LogP contribution is -2.52. The fourth-order valence-electron chi connectivity index (χ4n) is 2.71. The maximum Gasteiger partial charge on any atom is 0.252 e. The second-order valence-corrected chi connectivity index (χ2v) is 7.44. The zero-order valence-corrected chi connectivity index (χ0v) is 14.4. The lowest BCUT2D eigenvalue weighted by Gasteiger charge is -2.39. The molecular formula is C16H23ClN2OS. The maximum absolute atomic E-state index is 12.4. The van der Waals surface area contributed by atoms with Crippen LogP contribution < -0.4 is 10.6 Å². The molecule has 3 nitrogen and oxygen atoms in total. The quantitative estimate of drug-likeness (QED) is 0.831. The highest BCUT2D eigenvalue weighted by Crippen LogP contribution is 2.29. The van der Waals surface area contributed by atoms with Crippen LogP contribution >= 0.6 is 23.4 Å². The van der Waals surface area contributed by atoms with E-state index in [2.05, 4.69) is 24.5 Å². The van der Waals surface area contributed by atoms with E-state index in [1.807, 2.05) is 18.4 Å². The van der Waals surface area contributed by atoms with E-state index in [1.165, 1.54) is 12.8 Å². The first-order valence-electron chi connectivity index (χ1n) is 7.29. The number of piperidine rings is 1. The monoisotopic (exact) mass is 326 g/mol. The first-order valence-corrected chi connectivity index (χ1v) is 8.89. The molecule has 1 fully saturated rings. The van der Waals surface area contributed by atoms with Gasteiger partial charge in [0, 0.05) is 17.5 Å². The number of hydrogen-bond donors (Lipinski definition) is 2. The largest absolute Gasteiger partial charge is 0.350 e. The van der Waals surface area contributed by atoms with Crippen molar-refractivity contribution < 1.29 is 4.79 Å². The van der Waals surface area contributed by atoms with Crippen LogP contribution in [0, 0.1) is 5.41 Å². The van der Waals surface area contributed by atoms with Crippen LogP contribution in [0.5, 0.6) is 0 Å². The summed E-state index contributed by atoms with van der Waals surface area (Å²) in [7, 11) is 0. The van der Waals surface area contributed by atoms with Crippen LogP contribution in [0.2, 0.25) is 5.02 Å². The second-order valence-electron chi connectivity index (χ2n) is 6.15. The summed E-state index contributed by atoms with van der Waals surface area (Å²) in [5, 5.41) is 7.02. The Morgan fingerprint density at radius 1 is 1.52 bits per heavy atom. The van der Waals surface area contributed by atoms with Crippen LogP contribution in [0.1, 0.15) is 37.0 Å². The van der Waals surface area contributed by atoms with E-state index in [0.717, 1.165) is 11.4 Å². The van der Waals surface area contributed by atoms with Gasteiger partial charge in [0.05, 0.1) is 10.6 Å². The average molecular weight is 327 g/mol. The van der Waals surface area contributed by atoms with Gasteiger partial charge in [-0.1, -0.05) is 25.4 Å². The van der Waals surface area contributed by atoms with E-state index in [1.54, 1.807) is 17.8 Å². The van der Waals surface area contributed by atoms with Gasteiger partial charge in [-0.3, -0.25) is 4.79 Å². The Kier molecular flexibility index (Phi) is 5.58. The van der Waals surface area contributed by atoms with E-state index in [4.69, 9.17) is 11.6 Å². The van der Waals surface area contributed by atoms with Crippen molar-refractivity contribution in [2.75, 3.05) is 19.3 Å². The summed E-state index contributed by atoms with van der Waals surface area (Å²) in [6.07, 6.45) is 4.36.